The van der Waals surface area contributed by atoms with Gasteiger partial charge in [-0.25, -0.2) is 26.2 Å². The van der Waals surface area contributed by atoms with Crippen LogP contribution in [0, 0.1) is 6.92 Å². The lowest BCUT2D eigenvalue weighted by molar-refractivity contribution is 0.122. The number of anilines is 5. The Morgan fingerprint density at radius 3 is 1.60 bits per heavy atom. The molecule has 16 nitrogen and oxygen atoms in total. The number of aromatic nitrogens is 6. The lowest BCUT2D eigenvalue weighted by Crippen LogP contribution is -2.37. The smallest absolute Gasteiger partial charge is 0.246 e. The van der Waals surface area contributed by atoms with Crippen LogP contribution in [0.15, 0.2) is 63.7 Å². The third-order valence-corrected chi connectivity index (χ3v) is 12.2. The number of morpholine rings is 3. The summed E-state index contributed by atoms with van der Waals surface area (Å²) in [6.07, 6.45) is 1.78. The molecule has 0 radical (unpaired) electrons. The molecular weight excluding hydrogens is 818 g/mol. The first-order valence-electron chi connectivity index (χ1n) is 18.7. The van der Waals surface area contributed by atoms with Gasteiger partial charge in [-0.2, -0.15) is 20.1 Å². The van der Waals surface area contributed by atoms with Gasteiger partial charge < -0.3 is 28.9 Å². The maximum atomic E-state index is 5.92. The topological polar surface area (TPSA) is 177 Å². The van der Waals surface area contributed by atoms with Crippen LogP contribution in [0.2, 0.25) is 5.28 Å². The highest BCUT2D eigenvalue weighted by Crippen LogP contribution is 2.32. The quantitative estimate of drug-likeness (QED) is 0.0706. The summed E-state index contributed by atoms with van der Waals surface area (Å²) in [5.41, 5.74) is 10.5. The minimum Gasteiger partial charge on any atom is -0.378 e. The molecule has 3 aliphatic rings. The number of hydrogen-bond donors (Lipinski definition) is 3. The van der Waals surface area contributed by atoms with Gasteiger partial charge >= 0.3 is 0 Å². The van der Waals surface area contributed by atoms with E-state index < -0.39 is 0 Å². The second-order valence-electron chi connectivity index (χ2n) is 13.2. The molecule has 7 aromatic rings. The number of halogens is 1. The van der Waals surface area contributed by atoms with Crippen LogP contribution in [0.4, 0.5) is 29.4 Å². The first kappa shape index (κ1) is 39.9. The summed E-state index contributed by atoms with van der Waals surface area (Å²) in [7, 11) is 0. The van der Waals surface area contributed by atoms with E-state index in [1.54, 1.807) is 40.2 Å². The number of rotatable bonds is 7. The minimum atomic E-state index is 0.312. The molecule has 20 heteroatoms. The number of nitrogen functional groups attached to an aromatic ring is 1. The Morgan fingerprint density at radius 2 is 1.10 bits per heavy atom. The number of aryl methyl sites for hydroxylation is 1. The molecule has 3 saturated heterocycles. The van der Waals surface area contributed by atoms with Gasteiger partial charge in [-0.05, 0) is 58.4 Å². The van der Waals surface area contributed by atoms with E-state index in [0.29, 0.717) is 17.2 Å². The summed E-state index contributed by atoms with van der Waals surface area (Å²) in [6.45, 7) is 11.6. The van der Waals surface area contributed by atoms with Crippen molar-refractivity contribution >= 4 is 112 Å². The number of hydrogen-bond acceptors (Lipinski definition) is 19. The van der Waals surface area contributed by atoms with Crippen LogP contribution in [0.25, 0.3) is 30.6 Å². The van der Waals surface area contributed by atoms with Crippen molar-refractivity contribution < 1.29 is 14.2 Å². The van der Waals surface area contributed by atoms with E-state index in [0.717, 1.165) is 133 Å². The van der Waals surface area contributed by atoms with Crippen LogP contribution in [0.3, 0.4) is 0 Å². The molecule has 3 aliphatic heterocycles. The Balaban J connectivity index is 0.000000126. The fourth-order valence-electron chi connectivity index (χ4n) is 6.51. The lowest BCUT2D eigenvalue weighted by Gasteiger charge is -2.28. The minimum absolute atomic E-state index is 0.312. The van der Waals surface area contributed by atoms with Gasteiger partial charge in [-0.3, -0.25) is 5.43 Å². The molecular formula is C38H42ClN13O3S3. The monoisotopic (exact) mass is 859 g/mol. The Hall–Kier alpha value is -4.86. The zero-order valence-electron chi connectivity index (χ0n) is 31.7. The molecule has 0 spiro atoms. The van der Waals surface area contributed by atoms with Gasteiger partial charge in [0.25, 0.3) is 0 Å². The van der Waals surface area contributed by atoms with Gasteiger partial charge in [0.1, 0.15) is 0 Å². The summed E-state index contributed by atoms with van der Waals surface area (Å²) in [5, 5.41) is 10.7. The first-order chi connectivity index (χ1) is 28.5. The molecule has 3 fully saturated rings. The maximum Gasteiger partial charge on any atom is 0.246 e. The number of benzene rings is 1. The van der Waals surface area contributed by atoms with E-state index in [1.807, 2.05) is 46.5 Å². The number of hydrazone groups is 1. The van der Waals surface area contributed by atoms with Crippen LogP contribution in [-0.4, -0.2) is 115 Å². The Bertz CT molecular complexity index is 2460. The number of fused-ring (bicyclic) bond motifs is 3. The highest BCUT2D eigenvalue weighted by molar-refractivity contribution is 7.18. The maximum absolute atomic E-state index is 5.92. The number of ether oxygens (including phenoxy) is 3. The number of nitrogens with one attached hydrogen (secondary N) is 2. The average Bonchev–Trinajstić information content (AvgIpc) is 4.06. The molecule has 0 saturated carbocycles. The fourth-order valence-corrected chi connectivity index (χ4v) is 9.23. The van der Waals surface area contributed by atoms with Crippen LogP contribution in [0.1, 0.15) is 11.1 Å². The van der Waals surface area contributed by atoms with Crippen LogP contribution in [0.5, 0.6) is 0 Å². The number of thiophene rings is 3. The largest absolute Gasteiger partial charge is 0.378 e. The highest BCUT2D eigenvalue weighted by Gasteiger charge is 2.20. The summed E-state index contributed by atoms with van der Waals surface area (Å²) in [4.78, 5) is 33.2. The summed E-state index contributed by atoms with van der Waals surface area (Å²) < 4.78 is 19.4. The molecule has 6 aromatic heterocycles. The van der Waals surface area contributed by atoms with Gasteiger partial charge in [0.2, 0.25) is 17.2 Å². The van der Waals surface area contributed by atoms with Crippen molar-refractivity contribution in [3.05, 3.63) is 75.0 Å². The Kier molecular flexibility index (Phi) is 13.3. The standard InChI is InChI=1S/C18H19N5OS.C10H10ClN3OS.C10H13N5OS/c1-13-3-2-4-14(11-13)12-19-22-18-20-15-5-10-25-16(15)17(21-18)23-6-8-24-9-7-23;11-10-12-7-1-6-16-8(7)9(13-10)14-2-4-15-5-3-14;11-14-10-12-7-1-6-17-8(7)9(13-10)15-2-4-16-5-3-15/h2-5,10-12H,6-9H2,1H3,(H,20,21,22);1,6H,2-5H2;1,6H,2-5,11H2,(H,12,13,14)/b19-12+;;. The van der Waals surface area contributed by atoms with Gasteiger partial charge in [-0.1, -0.05) is 29.8 Å². The summed E-state index contributed by atoms with van der Waals surface area (Å²) >= 11 is 10.9. The normalized spacial score (nSPS) is 16.0. The molecule has 0 amide bonds. The zero-order valence-corrected chi connectivity index (χ0v) is 34.9. The first-order valence-corrected chi connectivity index (χ1v) is 21.8. The van der Waals surface area contributed by atoms with Crippen molar-refractivity contribution in [1.29, 1.82) is 0 Å². The highest BCUT2D eigenvalue weighted by atomic mass is 35.5. The third kappa shape index (κ3) is 9.70. The number of nitrogens with two attached hydrogens (primary N) is 1. The molecule has 302 valence electrons. The predicted octanol–water partition coefficient (Wildman–Crippen LogP) is 6.28. The summed E-state index contributed by atoms with van der Waals surface area (Å²) in [6, 6.07) is 14.1. The van der Waals surface area contributed by atoms with Crippen molar-refractivity contribution in [2.45, 2.75) is 6.92 Å². The second-order valence-corrected chi connectivity index (χ2v) is 16.3. The van der Waals surface area contributed by atoms with Crippen molar-refractivity contribution in [1.82, 2.24) is 29.9 Å². The van der Waals surface area contributed by atoms with E-state index in [9.17, 15) is 0 Å². The predicted molar refractivity (Wildman–Crippen MR) is 237 cm³/mol. The van der Waals surface area contributed by atoms with Crippen molar-refractivity contribution in [3.8, 4) is 0 Å². The van der Waals surface area contributed by atoms with Crippen LogP contribution < -0.4 is 31.4 Å². The molecule has 0 aliphatic carbocycles. The molecule has 1 aromatic carbocycles. The number of hydrazine groups is 1. The third-order valence-electron chi connectivity index (χ3n) is 9.31. The Labute approximate surface area is 351 Å². The fraction of sp³-hybridized carbons (Fsp3) is 0.342. The SMILES string of the molecule is Cc1cccc(/C=N/Nc2nc(N3CCOCC3)c3sccc3n2)c1.Clc1nc(N2CCOCC2)c2sccc2n1.NNc1nc(N2CCOCC2)c2sccc2n1. The van der Waals surface area contributed by atoms with E-state index >= 15 is 0 Å². The second kappa shape index (κ2) is 19.3. The summed E-state index contributed by atoms with van der Waals surface area (Å²) in [5.74, 6) is 9.20. The van der Waals surface area contributed by atoms with E-state index in [1.165, 1.54) is 5.56 Å². The Morgan fingerprint density at radius 1 is 0.638 bits per heavy atom. The van der Waals surface area contributed by atoms with E-state index in [-0.39, 0.29) is 0 Å². The average molecular weight is 860 g/mol. The van der Waals surface area contributed by atoms with Gasteiger partial charge in [0.05, 0.1) is 76.5 Å². The molecule has 9 heterocycles. The van der Waals surface area contributed by atoms with Gasteiger partial charge in [0, 0.05) is 39.3 Å². The van der Waals surface area contributed by atoms with E-state index in [2.05, 4.69) is 74.6 Å². The number of nitrogens with zero attached hydrogens (tertiary/aromatic N) is 10. The van der Waals surface area contributed by atoms with Gasteiger partial charge in [0.15, 0.2) is 17.5 Å². The van der Waals surface area contributed by atoms with Crippen molar-refractivity contribution in [3.63, 3.8) is 0 Å². The molecule has 4 N–H and O–H groups in total. The van der Waals surface area contributed by atoms with Crippen molar-refractivity contribution in [2.75, 3.05) is 104 Å². The van der Waals surface area contributed by atoms with E-state index in [4.69, 9.17) is 36.6 Å². The van der Waals surface area contributed by atoms with Crippen molar-refractivity contribution in [2.24, 2.45) is 10.9 Å². The molecule has 0 atom stereocenters. The molecule has 10 rings (SSSR count). The molecule has 58 heavy (non-hydrogen) atoms. The van der Waals surface area contributed by atoms with Crippen LogP contribution >= 0.6 is 45.6 Å². The molecule has 0 bridgehead atoms. The lowest BCUT2D eigenvalue weighted by atomic mass is 10.2. The van der Waals surface area contributed by atoms with Crippen LogP contribution in [-0.2, 0) is 14.2 Å². The molecule has 0 unspecified atom stereocenters. The van der Waals surface area contributed by atoms with Gasteiger partial charge in [-0.15, -0.1) is 34.0 Å². The zero-order chi connectivity index (χ0) is 39.7.